The van der Waals surface area contributed by atoms with Crippen LogP contribution in [0, 0.1) is 5.41 Å². The van der Waals surface area contributed by atoms with Gasteiger partial charge in [-0.05, 0) is 39.0 Å². The normalized spacial score (nSPS) is 17.0. The molecule has 1 fully saturated rings. The second-order valence-electron chi connectivity index (χ2n) is 5.76. The standard InChI is InChI=1S/C16H20N6O2/c1-22-6-3-11(4-7-22)19-9-12(8-17)24-16-20-14-10-18-5-2-13(14)15(23)21-16/h2,5,8-11,17,19H,3-4,6-7H2,1H3,(H,20,21,23)/b12-9+,17-8?. The molecule has 2 aromatic heterocycles. The number of rotatable bonds is 5. The van der Waals surface area contributed by atoms with Crippen molar-refractivity contribution in [2.24, 2.45) is 0 Å². The molecule has 126 valence electrons. The Bertz CT molecular complexity index is 755. The van der Waals surface area contributed by atoms with E-state index in [4.69, 9.17) is 10.1 Å². The monoisotopic (exact) mass is 328 g/mol. The number of pyridine rings is 1. The average molecular weight is 328 g/mol. The molecular formula is C16H20N6O2. The maximum Gasteiger partial charge on any atom is 0.326 e. The first-order valence-corrected chi connectivity index (χ1v) is 7.79. The Balaban J connectivity index is 1.70. The highest BCUT2D eigenvalue weighted by molar-refractivity contribution is 5.82. The molecule has 0 bridgehead atoms. The molecule has 8 heteroatoms. The summed E-state index contributed by atoms with van der Waals surface area (Å²) in [4.78, 5) is 14.4. The van der Waals surface area contributed by atoms with Gasteiger partial charge in [-0.25, -0.2) is 0 Å². The molecule has 8 nitrogen and oxygen atoms in total. The number of nitrogens with zero attached hydrogens (tertiary/aromatic N) is 4. The molecule has 0 saturated carbocycles. The molecule has 0 unspecified atom stereocenters. The van der Waals surface area contributed by atoms with Crippen molar-refractivity contribution >= 4 is 17.1 Å². The molecule has 1 aliphatic rings. The van der Waals surface area contributed by atoms with Crippen LogP contribution in [0.2, 0.25) is 0 Å². The van der Waals surface area contributed by atoms with Gasteiger partial charge in [-0.15, -0.1) is 0 Å². The fourth-order valence-corrected chi connectivity index (χ4v) is 2.57. The molecule has 2 aromatic rings. The van der Waals surface area contributed by atoms with Crippen LogP contribution in [0.25, 0.3) is 10.9 Å². The minimum atomic E-state index is -0.176. The highest BCUT2D eigenvalue weighted by atomic mass is 16.5. The van der Waals surface area contributed by atoms with Crippen molar-refractivity contribution in [1.82, 2.24) is 25.2 Å². The van der Waals surface area contributed by atoms with Gasteiger partial charge in [0, 0.05) is 18.4 Å². The van der Waals surface area contributed by atoms with Crippen LogP contribution in [0.5, 0.6) is 11.9 Å². The predicted octanol–water partition coefficient (Wildman–Crippen LogP) is 1.28. The average Bonchev–Trinajstić information content (AvgIpc) is 2.60. The fraction of sp³-hybridized carbons (Fsp3) is 0.375. The summed E-state index contributed by atoms with van der Waals surface area (Å²) >= 11 is 0. The number of likely N-dealkylation sites (tertiary alicyclic amines) is 1. The number of fused-ring (bicyclic) bond motifs is 1. The van der Waals surface area contributed by atoms with E-state index in [2.05, 4.69) is 32.2 Å². The lowest BCUT2D eigenvalue weighted by Gasteiger charge is -2.29. The first-order chi connectivity index (χ1) is 11.7. The highest BCUT2D eigenvalue weighted by Crippen LogP contribution is 2.23. The van der Waals surface area contributed by atoms with E-state index in [0.29, 0.717) is 16.9 Å². The van der Waals surface area contributed by atoms with Crippen molar-refractivity contribution in [3.63, 3.8) is 0 Å². The number of piperidine rings is 1. The van der Waals surface area contributed by atoms with Crippen LogP contribution in [-0.4, -0.2) is 57.4 Å². The fourth-order valence-electron chi connectivity index (χ4n) is 2.57. The topological polar surface area (TPSA) is 107 Å². The summed E-state index contributed by atoms with van der Waals surface area (Å²) in [6, 6.07) is 1.96. The Morgan fingerprint density at radius 2 is 2.21 bits per heavy atom. The third kappa shape index (κ3) is 3.77. The molecule has 0 radical (unpaired) electrons. The maximum absolute atomic E-state index is 9.94. The zero-order valence-electron chi connectivity index (χ0n) is 13.4. The lowest BCUT2D eigenvalue weighted by Crippen LogP contribution is -2.39. The summed E-state index contributed by atoms with van der Waals surface area (Å²) in [6.07, 6.45) is 7.88. The van der Waals surface area contributed by atoms with Gasteiger partial charge >= 0.3 is 6.01 Å². The summed E-state index contributed by atoms with van der Waals surface area (Å²) < 4.78 is 5.50. The van der Waals surface area contributed by atoms with Crippen molar-refractivity contribution < 1.29 is 9.84 Å². The Kier molecular flexibility index (Phi) is 4.85. The summed E-state index contributed by atoms with van der Waals surface area (Å²) in [7, 11) is 2.11. The number of hydrogen-bond acceptors (Lipinski definition) is 8. The minimum absolute atomic E-state index is 0.0204. The van der Waals surface area contributed by atoms with Crippen LogP contribution in [0.4, 0.5) is 0 Å². The van der Waals surface area contributed by atoms with Gasteiger partial charge in [0.2, 0.25) is 5.88 Å². The predicted molar refractivity (Wildman–Crippen MR) is 90.1 cm³/mol. The largest absolute Gasteiger partial charge is 0.493 e. The lowest BCUT2D eigenvalue weighted by molar-refractivity contribution is 0.243. The Morgan fingerprint density at radius 3 is 2.96 bits per heavy atom. The quantitative estimate of drug-likeness (QED) is 0.560. The number of nitrogens with one attached hydrogen (secondary N) is 2. The van der Waals surface area contributed by atoms with E-state index in [1.54, 1.807) is 18.5 Å². The molecular weight excluding hydrogens is 308 g/mol. The second-order valence-corrected chi connectivity index (χ2v) is 5.76. The molecule has 1 saturated heterocycles. The van der Waals surface area contributed by atoms with Crippen LogP contribution < -0.4 is 10.1 Å². The van der Waals surface area contributed by atoms with Crippen molar-refractivity contribution in [3.8, 4) is 11.9 Å². The minimum Gasteiger partial charge on any atom is -0.493 e. The van der Waals surface area contributed by atoms with Gasteiger partial charge in [0.15, 0.2) is 5.76 Å². The molecule has 0 aromatic carbocycles. The number of ether oxygens (including phenoxy) is 1. The van der Waals surface area contributed by atoms with Gasteiger partial charge in [-0.1, -0.05) is 0 Å². The molecule has 3 N–H and O–H groups in total. The summed E-state index contributed by atoms with van der Waals surface area (Å²) in [6.45, 7) is 2.09. The van der Waals surface area contributed by atoms with E-state index in [-0.39, 0.29) is 17.6 Å². The van der Waals surface area contributed by atoms with Crippen molar-refractivity contribution in [1.29, 1.82) is 5.41 Å². The maximum atomic E-state index is 9.94. The summed E-state index contributed by atoms with van der Waals surface area (Å²) in [5.74, 6) is 0.0987. The van der Waals surface area contributed by atoms with E-state index in [1.807, 2.05) is 0 Å². The number of allylic oxidation sites excluding steroid dienone is 1. The summed E-state index contributed by atoms with van der Waals surface area (Å²) in [5, 5.41) is 21.2. The Hall–Kier alpha value is -2.74. The molecule has 0 aliphatic carbocycles. The van der Waals surface area contributed by atoms with Gasteiger partial charge in [0.05, 0.1) is 23.3 Å². The Labute approximate surface area is 139 Å². The van der Waals surface area contributed by atoms with E-state index >= 15 is 0 Å². The van der Waals surface area contributed by atoms with Gasteiger partial charge < -0.3 is 25.5 Å². The lowest BCUT2D eigenvalue weighted by atomic mass is 10.1. The van der Waals surface area contributed by atoms with Crippen LogP contribution in [0.15, 0.2) is 30.4 Å². The third-order valence-corrected chi connectivity index (χ3v) is 3.99. The third-order valence-electron chi connectivity index (χ3n) is 3.99. The SMILES string of the molecule is CN1CCC(N/C=C(\C=N)Oc2nc(O)c3ccncc3n2)CC1. The van der Waals surface area contributed by atoms with Gasteiger partial charge in [0.25, 0.3) is 0 Å². The van der Waals surface area contributed by atoms with Gasteiger partial charge in [-0.2, -0.15) is 9.97 Å². The molecule has 3 rings (SSSR count). The van der Waals surface area contributed by atoms with E-state index in [0.717, 1.165) is 32.1 Å². The number of aromatic hydroxyl groups is 1. The van der Waals surface area contributed by atoms with E-state index < -0.39 is 0 Å². The summed E-state index contributed by atoms with van der Waals surface area (Å²) in [5.41, 5.74) is 0.479. The van der Waals surface area contributed by atoms with Crippen molar-refractivity contribution in [2.75, 3.05) is 20.1 Å². The van der Waals surface area contributed by atoms with Crippen LogP contribution in [-0.2, 0) is 0 Å². The number of aromatic nitrogens is 3. The van der Waals surface area contributed by atoms with Crippen LogP contribution in [0.1, 0.15) is 12.8 Å². The van der Waals surface area contributed by atoms with E-state index in [1.165, 1.54) is 6.20 Å². The zero-order valence-corrected chi connectivity index (χ0v) is 13.4. The molecule has 1 aliphatic heterocycles. The zero-order chi connectivity index (χ0) is 16.9. The molecule has 0 amide bonds. The van der Waals surface area contributed by atoms with Gasteiger partial charge in [0.1, 0.15) is 0 Å². The molecule has 24 heavy (non-hydrogen) atoms. The number of hydrogen-bond donors (Lipinski definition) is 3. The van der Waals surface area contributed by atoms with Gasteiger partial charge in [-0.3, -0.25) is 4.98 Å². The molecule has 0 spiro atoms. The highest BCUT2D eigenvalue weighted by Gasteiger charge is 2.15. The first-order valence-electron chi connectivity index (χ1n) is 7.79. The van der Waals surface area contributed by atoms with Crippen molar-refractivity contribution in [3.05, 3.63) is 30.4 Å². The van der Waals surface area contributed by atoms with Crippen LogP contribution in [0.3, 0.4) is 0 Å². The smallest absolute Gasteiger partial charge is 0.326 e. The van der Waals surface area contributed by atoms with E-state index in [9.17, 15) is 5.11 Å². The Morgan fingerprint density at radius 1 is 1.42 bits per heavy atom. The molecule has 3 heterocycles. The van der Waals surface area contributed by atoms with Crippen LogP contribution >= 0.6 is 0 Å². The second kappa shape index (κ2) is 7.22. The molecule has 0 atom stereocenters. The van der Waals surface area contributed by atoms with Crippen molar-refractivity contribution in [2.45, 2.75) is 18.9 Å². The first kappa shape index (κ1) is 16.1.